The summed E-state index contributed by atoms with van der Waals surface area (Å²) in [6.07, 6.45) is 0.235. The lowest BCUT2D eigenvalue weighted by Gasteiger charge is -2.11. The number of ketones is 1. The maximum atomic E-state index is 12.0. The van der Waals surface area contributed by atoms with Gasteiger partial charge in [-0.15, -0.1) is 0 Å². The van der Waals surface area contributed by atoms with Crippen molar-refractivity contribution in [1.29, 1.82) is 5.26 Å². The van der Waals surface area contributed by atoms with E-state index in [-0.39, 0.29) is 18.1 Å². The number of para-hydroxylation sites is 1. The molecule has 0 aliphatic carbocycles. The predicted octanol–water partition coefficient (Wildman–Crippen LogP) is 2.82. The molecule has 1 unspecified atom stereocenters. The minimum Gasteiger partial charge on any atom is -0.493 e. The van der Waals surface area contributed by atoms with Crippen LogP contribution in [0, 0.1) is 17.2 Å². The molecule has 0 saturated heterocycles. The number of ether oxygens (including phenoxy) is 1. The lowest BCUT2D eigenvalue weighted by molar-refractivity contribution is 0.0928. The van der Waals surface area contributed by atoms with Crippen LogP contribution in [0.1, 0.15) is 30.6 Å². The quantitative estimate of drug-likeness (QED) is 0.712. The Bertz CT molecular complexity index is 407. The molecule has 0 aliphatic rings. The van der Waals surface area contributed by atoms with Crippen LogP contribution in [0.5, 0.6) is 5.75 Å². The number of hydrogen-bond acceptors (Lipinski definition) is 3. The Morgan fingerprint density at radius 1 is 1.50 bits per heavy atom. The zero-order chi connectivity index (χ0) is 12.0. The van der Waals surface area contributed by atoms with Crippen molar-refractivity contribution in [2.45, 2.75) is 20.3 Å². The molecule has 1 atom stereocenters. The van der Waals surface area contributed by atoms with Gasteiger partial charge in [-0.25, -0.2) is 0 Å². The standard InChI is InChI=1S/C13H15NO2/c1-3-16-12-7-5-4-6-11(12)13(15)10(2)8-9-14/h4-7,10H,3,8H2,1-2H3. The predicted molar refractivity (Wildman–Crippen MR) is 61.3 cm³/mol. The zero-order valence-electron chi connectivity index (χ0n) is 9.56. The van der Waals surface area contributed by atoms with Crippen LogP contribution in [0.3, 0.4) is 0 Å². The molecule has 1 rings (SSSR count). The van der Waals surface area contributed by atoms with E-state index in [2.05, 4.69) is 0 Å². The molecule has 0 aromatic heterocycles. The molecule has 0 heterocycles. The monoisotopic (exact) mass is 217 g/mol. The maximum Gasteiger partial charge on any atom is 0.170 e. The topological polar surface area (TPSA) is 50.1 Å². The largest absolute Gasteiger partial charge is 0.493 e. The van der Waals surface area contributed by atoms with Crippen LogP contribution in [0.15, 0.2) is 24.3 Å². The number of nitrogens with zero attached hydrogens (tertiary/aromatic N) is 1. The molecule has 0 N–H and O–H groups in total. The van der Waals surface area contributed by atoms with E-state index in [9.17, 15) is 4.79 Å². The highest BCUT2D eigenvalue weighted by atomic mass is 16.5. The van der Waals surface area contributed by atoms with Crippen LogP contribution >= 0.6 is 0 Å². The summed E-state index contributed by atoms with van der Waals surface area (Å²) >= 11 is 0. The van der Waals surface area contributed by atoms with Gasteiger partial charge in [0.25, 0.3) is 0 Å². The van der Waals surface area contributed by atoms with Crippen molar-refractivity contribution in [2.24, 2.45) is 5.92 Å². The number of nitriles is 1. The Morgan fingerprint density at radius 2 is 2.19 bits per heavy atom. The lowest BCUT2D eigenvalue weighted by atomic mass is 9.96. The Labute approximate surface area is 95.7 Å². The number of Topliss-reactive ketones (excluding diaryl/α,β-unsaturated/α-hetero) is 1. The smallest absolute Gasteiger partial charge is 0.170 e. The molecule has 1 aromatic rings. The van der Waals surface area contributed by atoms with E-state index in [1.54, 1.807) is 25.1 Å². The van der Waals surface area contributed by atoms with Gasteiger partial charge in [0.1, 0.15) is 5.75 Å². The van der Waals surface area contributed by atoms with Gasteiger partial charge in [-0.3, -0.25) is 4.79 Å². The van der Waals surface area contributed by atoms with Crippen LogP contribution in [0.25, 0.3) is 0 Å². The fourth-order valence-corrected chi connectivity index (χ4v) is 1.45. The fraction of sp³-hybridized carbons (Fsp3) is 0.385. The highest BCUT2D eigenvalue weighted by Crippen LogP contribution is 2.22. The SMILES string of the molecule is CCOc1ccccc1C(=O)C(C)CC#N. The molecule has 0 radical (unpaired) electrons. The van der Waals surface area contributed by atoms with E-state index in [4.69, 9.17) is 10.00 Å². The molecule has 0 saturated carbocycles. The number of benzene rings is 1. The molecule has 1 aromatic carbocycles. The highest BCUT2D eigenvalue weighted by molar-refractivity contribution is 6.00. The lowest BCUT2D eigenvalue weighted by Crippen LogP contribution is -2.12. The third-order valence-corrected chi connectivity index (χ3v) is 2.30. The van der Waals surface area contributed by atoms with Gasteiger partial charge in [0.15, 0.2) is 5.78 Å². The average molecular weight is 217 g/mol. The summed E-state index contributed by atoms with van der Waals surface area (Å²) in [5, 5.41) is 8.57. The van der Waals surface area contributed by atoms with Crippen LogP contribution in [0.4, 0.5) is 0 Å². The molecule has 0 fully saturated rings. The summed E-state index contributed by atoms with van der Waals surface area (Å²) in [6, 6.07) is 9.15. The van der Waals surface area contributed by atoms with Gasteiger partial charge in [0, 0.05) is 12.3 Å². The minimum absolute atomic E-state index is 0.0365. The maximum absolute atomic E-state index is 12.0. The third kappa shape index (κ3) is 2.83. The van der Waals surface area contributed by atoms with Crippen LogP contribution < -0.4 is 4.74 Å². The van der Waals surface area contributed by atoms with Gasteiger partial charge in [0.05, 0.1) is 18.2 Å². The molecule has 3 nitrogen and oxygen atoms in total. The summed E-state index contributed by atoms with van der Waals surface area (Å²) in [4.78, 5) is 12.0. The molecular formula is C13H15NO2. The van der Waals surface area contributed by atoms with E-state index in [0.29, 0.717) is 17.9 Å². The first kappa shape index (κ1) is 12.3. The third-order valence-electron chi connectivity index (χ3n) is 2.30. The van der Waals surface area contributed by atoms with Gasteiger partial charge in [0.2, 0.25) is 0 Å². The highest BCUT2D eigenvalue weighted by Gasteiger charge is 2.18. The molecule has 0 aliphatic heterocycles. The number of rotatable bonds is 5. The molecule has 0 bridgehead atoms. The molecule has 3 heteroatoms. The van der Waals surface area contributed by atoms with Crippen LogP contribution in [-0.4, -0.2) is 12.4 Å². The number of hydrogen-bond donors (Lipinski definition) is 0. The molecule has 16 heavy (non-hydrogen) atoms. The van der Waals surface area contributed by atoms with Crippen molar-refractivity contribution >= 4 is 5.78 Å². The van der Waals surface area contributed by atoms with Crippen LogP contribution in [0.2, 0.25) is 0 Å². The van der Waals surface area contributed by atoms with Crippen molar-refractivity contribution in [1.82, 2.24) is 0 Å². The summed E-state index contributed by atoms with van der Waals surface area (Å²) < 4.78 is 5.38. The summed E-state index contributed by atoms with van der Waals surface area (Å²) in [5.74, 6) is 0.275. The van der Waals surface area contributed by atoms with Crippen LogP contribution in [-0.2, 0) is 0 Å². The fourth-order valence-electron chi connectivity index (χ4n) is 1.45. The first-order valence-electron chi connectivity index (χ1n) is 5.33. The van der Waals surface area contributed by atoms with E-state index in [1.165, 1.54) is 0 Å². The normalized spacial score (nSPS) is 11.6. The molecule has 0 amide bonds. The molecule has 84 valence electrons. The van der Waals surface area contributed by atoms with E-state index in [0.717, 1.165) is 0 Å². The number of carbonyl (C=O) groups excluding carboxylic acids is 1. The molecular weight excluding hydrogens is 202 g/mol. The van der Waals surface area contributed by atoms with Crippen molar-refractivity contribution in [2.75, 3.05) is 6.61 Å². The van der Waals surface area contributed by atoms with Crippen molar-refractivity contribution in [3.8, 4) is 11.8 Å². The summed E-state index contributed by atoms with van der Waals surface area (Å²) in [5.41, 5.74) is 0.562. The molecule has 0 spiro atoms. The van der Waals surface area contributed by atoms with Crippen molar-refractivity contribution < 1.29 is 9.53 Å². The van der Waals surface area contributed by atoms with E-state index < -0.39 is 0 Å². The van der Waals surface area contributed by atoms with Crippen molar-refractivity contribution in [3.63, 3.8) is 0 Å². The Kier molecular flexibility index (Phi) is 4.53. The Balaban J connectivity index is 2.94. The van der Waals surface area contributed by atoms with Gasteiger partial charge in [-0.1, -0.05) is 19.1 Å². The van der Waals surface area contributed by atoms with Crippen molar-refractivity contribution in [3.05, 3.63) is 29.8 Å². The Hall–Kier alpha value is -1.82. The summed E-state index contributed by atoms with van der Waals surface area (Å²) in [7, 11) is 0. The van der Waals surface area contributed by atoms with Gasteiger partial charge in [-0.05, 0) is 19.1 Å². The summed E-state index contributed by atoms with van der Waals surface area (Å²) in [6.45, 7) is 4.16. The van der Waals surface area contributed by atoms with Gasteiger partial charge >= 0.3 is 0 Å². The second-order valence-corrected chi connectivity index (χ2v) is 3.56. The first-order valence-corrected chi connectivity index (χ1v) is 5.33. The first-order chi connectivity index (χ1) is 7.70. The zero-order valence-corrected chi connectivity index (χ0v) is 9.56. The Morgan fingerprint density at radius 3 is 2.81 bits per heavy atom. The second-order valence-electron chi connectivity index (χ2n) is 3.56. The minimum atomic E-state index is -0.286. The van der Waals surface area contributed by atoms with Gasteiger partial charge < -0.3 is 4.74 Å². The average Bonchev–Trinajstić information content (AvgIpc) is 2.29. The second kappa shape index (κ2) is 5.92. The van der Waals surface area contributed by atoms with Gasteiger partial charge in [-0.2, -0.15) is 5.26 Å². The van der Waals surface area contributed by atoms with E-state index in [1.807, 2.05) is 19.1 Å². The van der Waals surface area contributed by atoms with E-state index >= 15 is 0 Å². The number of carbonyl (C=O) groups is 1.